The fourth-order valence-electron chi connectivity index (χ4n) is 2.99. The molecular weight excluding hydrogens is 392 g/mol. The van der Waals surface area contributed by atoms with Crippen LogP contribution in [0.25, 0.3) is 17.0 Å². The predicted octanol–water partition coefficient (Wildman–Crippen LogP) is 3.65. The van der Waals surface area contributed by atoms with Crippen LogP contribution >= 0.6 is 0 Å². The molecule has 4 rings (SSSR count). The number of hydrogen-bond donors (Lipinski definition) is 1. The van der Waals surface area contributed by atoms with E-state index >= 15 is 0 Å². The van der Waals surface area contributed by atoms with Crippen LogP contribution in [0.1, 0.15) is 12.5 Å². The van der Waals surface area contributed by atoms with Gasteiger partial charge in [-0.25, -0.2) is 13.2 Å². The number of fused-ring (bicyclic) bond motifs is 1. The standard InChI is InChI=1S/C21H17F2N5O2/c1-13(29)25-16-5-3-15(4-6-16)21-27-26-19-11-24-12-20(28(19)21)30-9-8-14-2-7-17(22)18(23)10-14/h2-7,10-12H,8-9H2,1H3,(H,25,29). The summed E-state index contributed by atoms with van der Waals surface area (Å²) >= 11 is 0. The molecular formula is C21H17F2N5O2. The van der Waals surface area contributed by atoms with Gasteiger partial charge >= 0.3 is 0 Å². The van der Waals surface area contributed by atoms with Crippen LogP contribution in [-0.2, 0) is 11.2 Å². The Labute approximate surface area is 170 Å². The minimum absolute atomic E-state index is 0.154. The van der Waals surface area contributed by atoms with E-state index < -0.39 is 11.6 Å². The summed E-state index contributed by atoms with van der Waals surface area (Å²) in [6.45, 7) is 1.67. The molecule has 0 aliphatic rings. The third-order valence-electron chi connectivity index (χ3n) is 4.37. The van der Waals surface area contributed by atoms with Crippen molar-refractivity contribution in [1.82, 2.24) is 19.6 Å². The third kappa shape index (κ3) is 4.09. The summed E-state index contributed by atoms with van der Waals surface area (Å²) in [7, 11) is 0. The van der Waals surface area contributed by atoms with Crippen LogP contribution in [0.5, 0.6) is 5.88 Å². The summed E-state index contributed by atoms with van der Waals surface area (Å²) in [5.74, 6) is -0.962. The van der Waals surface area contributed by atoms with Crippen LogP contribution in [0, 0.1) is 11.6 Å². The van der Waals surface area contributed by atoms with Crippen molar-refractivity contribution in [3.63, 3.8) is 0 Å². The Morgan fingerprint density at radius 2 is 1.87 bits per heavy atom. The zero-order valence-electron chi connectivity index (χ0n) is 16.0. The van der Waals surface area contributed by atoms with Crippen molar-refractivity contribution in [2.24, 2.45) is 0 Å². The highest BCUT2D eigenvalue weighted by atomic mass is 19.2. The molecule has 4 aromatic rings. The lowest BCUT2D eigenvalue weighted by atomic mass is 10.1. The van der Waals surface area contributed by atoms with E-state index in [4.69, 9.17) is 4.74 Å². The predicted molar refractivity (Wildman–Crippen MR) is 106 cm³/mol. The number of benzene rings is 2. The van der Waals surface area contributed by atoms with Crippen LogP contribution in [0.2, 0.25) is 0 Å². The second kappa shape index (κ2) is 8.24. The first-order valence-corrected chi connectivity index (χ1v) is 9.15. The lowest BCUT2D eigenvalue weighted by molar-refractivity contribution is -0.114. The molecule has 152 valence electrons. The van der Waals surface area contributed by atoms with Gasteiger partial charge in [0.15, 0.2) is 23.1 Å². The third-order valence-corrected chi connectivity index (χ3v) is 4.37. The fourth-order valence-corrected chi connectivity index (χ4v) is 2.99. The van der Waals surface area contributed by atoms with Crippen molar-refractivity contribution >= 4 is 17.2 Å². The van der Waals surface area contributed by atoms with Crippen LogP contribution in [-0.4, -0.2) is 32.1 Å². The molecule has 0 unspecified atom stereocenters. The molecule has 1 amide bonds. The number of carbonyl (C=O) groups excluding carboxylic acids is 1. The van der Waals surface area contributed by atoms with Crippen LogP contribution in [0.4, 0.5) is 14.5 Å². The molecule has 0 radical (unpaired) electrons. The number of hydrogen-bond acceptors (Lipinski definition) is 5. The largest absolute Gasteiger partial charge is 0.477 e. The van der Waals surface area contributed by atoms with Crippen LogP contribution in [0.15, 0.2) is 54.9 Å². The maximum Gasteiger partial charge on any atom is 0.221 e. The van der Waals surface area contributed by atoms with E-state index in [1.54, 1.807) is 22.7 Å². The first-order valence-electron chi connectivity index (χ1n) is 9.15. The van der Waals surface area contributed by atoms with Gasteiger partial charge in [-0.15, -0.1) is 10.2 Å². The van der Waals surface area contributed by atoms with Gasteiger partial charge in [-0.1, -0.05) is 6.07 Å². The fraction of sp³-hybridized carbons (Fsp3) is 0.143. The Hall–Kier alpha value is -3.88. The lowest BCUT2D eigenvalue weighted by Gasteiger charge is -2.10. The summed E-state index contributed by atoms with van der Waals surface area (Å²) in [4.78, 5) is 15.3. The zero-order valence-corrected chi connectivity index (χ0v) is 16.0. The molecule has 9 heteroatoms. The highest BCUT2D eigenvalue weighted by molar-refractivity contribution is 5.88. The second-order valence-corrected chi connectivity index (χ2v) is 6.57. The van der Waals surface area contributed by atoms with Crippen molar-refractivity contribution < 1.29 is 18.3 Å². The molecule has 0 saturated heterocycles. The van der Waals surface area contributed by atoms with E-state index in [1.165, 1.54) is 19.2 Å². The Morgan fingerprint density at radius 1 is 1.07 bits per heavy atom. The summed E-state index contributed by atoms with van der Waals surface area (Å²) in [5.41, 5.74) is 2.56. The minimum Gasteiger partial charge on any atom is -0.477 e. The molecule has 0 fully saturated rings. The monoisotopic (exact) mass is 409 g/mol. The summed E-state index contributed by atoms with van der Waals surface area (Å²) in [6.07, 6.45) is 3.48. The van der Waals surface area contributed by atoms with Gasteiger partial charge in [0.1, 0.15) is 0 Å². The number of amides is 1. The molecule has 0 saturated carbocycles. The van der Waals surface area contributed by atoms with Gasteiger partial charge < -0.3 is 10.1 Å². The van der Waals surface area contributed by atoms with E-state index in [0.29, 0.717) is 35.0 Å². The molecule has 2 heterocycles. The minimum atomic E-state index is -0.889. The van der Waals surface area contributed by atoms with Crippen molar-refractivity contribution in [2.45, 2.75) is 13.3 Å². The van der Waals surface area contributed by atoms with Gasteiger partial charge in [0.25, 0.3) is 0 Å². The number of carbonyl (C=O) groups is 1. The molecule has 7 nitrogen and oxygen atoms in total. The summed E-state index contributed by atoms with van der Waals surface area (Å²) in [5, 5.41) is 11.1. The summed E-state index contributed by atoms with van der Waals surface area (Å²) < 4.78 is 34.0. The Kier molecular flexibility index (Phi) is 5.34. The lowest BCUT2D eigenvalue weighted by Crippen LogP contribution is -2.07. The smallest absolute Gasteiger partial charge is 0.221 e. The molecule has 0 aliphatic carbocycles. The SMILES string of the molecule is CC(=O)Nc1ccc(-c2nnc3cncc(OCCc4ccc(F)c(F)c4)n23)cc1. The maximum absolute atomic E-state index is 13.4. The Morgan fingerprint density at radius 3 is 2.60 bits per heavy atom. The number of nitrogens with one attached hydrogen (secondary N) is 1. The van der Waals surface area contributed by atoms with E-state index in [-0.39, 0.29) is 12.5 Å². The van der Waals surface area contributed by atoms with Crippen molar-refractivity contribution in [3.05, 3.63) is 72.1 Å². The van der Waals surface area contributed by atoms with E-state index in [0.717, 1.165) is 17.7 Å². The van der Waals surface area contributed by atoms with Crippen molar-refractivity contribution in [3.8, 4) is 17.3 Å². The van der Waals surface area contributed by atoms with Gasteiger partial charge in [-0.05, 0) is 42.0 Å². The van der Waals surface area contributed by atoms with Crippen molar-refractivity contribution in [2.75, 3.05) is 11.9 Å². The molecule has 0 atom stereocenters. The highest BCUT2D eigenvalue weighted by Crippen LogP contribution is 2.24. The number of rotatable bonds is 6. The van der Waals surface area contributed by atoms with E-state index in [1.807, 2.05) is 12.1 Å². The molecule has 0 spiro atoms. The summed E-state index contributed by atoms with van der Waals surface area (Å²) in [6, 6.07) is 10.9. The van der Waals surface area contributed by atoms with Gasteiger partial charge in [-0.2, -0.15) is 0 Å². The molecule has 0 aliphatic heterocycles. The number of aromatic nitrogens is 4. The highest BCUT2D eigenvalue weighted by Gasteiger charge is 2.13. The maximum atomic E-state index is 13.4. The van der Waals surface area contributed by atoms with Gasteiger partial charge in [0, 0.05) is 24.6 Å². The topological polar surface area (TPSA) is 81.4 Å². The molecule has 0 bridgehead atoms. The Balaban J connectivity index is 1.56. The van der Waals surface area contributed by atoms with Gasteiger partial charge in [-0.3, -0.25) is 9.78 Å². The average molecular weight is 409 g/mol. The number of halogens is 2. The molecule has 2 aromatic heterocycles. The van der Waals surface area contributed by atoms with E-state index in [9.17, 15) is 13.6 Å². The molecule has 2 aromatic carbocycles. The number of anilines is 1. The average Bonchev–Trinajstić information content (AvgIpc) is 3.16. The normalized spacial score (nSPS) is 10.9. The number of nitrogens with zero attached hydrogens (tertiary/aromatic N) is 4. The Bertz CT molecular complexity index is 1210. The number of ether oxygens (including phenoxy) is 1. The molecule has 30 heavy (non-hydrogen) atoms. The van der Waals surface area contributed by atoms with Crippen LogP contribution in [0.3, 0.4) is 0 Å². The van der Waals surface area contributed by atoms with Crippen molar-refractivity contribution in [1.29, 1.82) is 0 Å². The zero-order chi connectivity index (χ0) is 21.1. The van der Waals surface area contributed by atoms with E-state index in [2.05, 4.69) is 20.5 Å². The molecule has 1 N–H and O–H groups in total. The van der Waals surface area contributed by atoms with Gasteiger partial charge in [0.05, 0.1) is 19.0 Å². The quantitative estimate of drug-likeness (QED) is 0.526. The van der Waals surface area contributed by atoms with Crippen LogP contribution < -0.4 is 10.1 Å². The first-order chi connectivity index (χ1) is 14.5. The first kappa shape index (κ1) is 19.4. The second-order valence-electron chi connectivity index (χ2n) is 6.57. The van der Waals surface area contributed by atoms with Gasteiger partial charge in [0.2, 0.25) is 11.8 Å².